The molecule has 1 aromatic rings. The van der Waals surface area contributed by atoms with E-state index in [2.05, 4.69) is 29.8 Å². The largest absolute Gasteiger partial charge is 0.353 e. The van der Waals surface area contributed by atoms with Crippen molar-refractivity contribution in [2.45, 2.75) is 51.5 Å². The maximum Gasteiger partial charge on any atom is 0.132 e. The van der Waals surface area contributed by atoms with Crippen molar-refractivity contribution >= 4 is 5.82 Å². The molecule has 0 N–H and O–H groups in total. The molecule has 0 spiro atoms. The molecule has 1 saturated heterocycles. The molecule has 2 aliphatic rings. The second-order valence-corrected chi connectivity index (χ2v) is 5.39. The lowest BCUT2D eigenvalue weighted by Crippen LogP contribution is -2.35. The van der Waals surface area contributed by atoms with E-state index in [9.17, 15) is 0 Å². The topological polar surface area (TPSA) is 16.1 Å². The van der Waals surface area contributed by atoms with Gasteiger partial charge in [0.05, 0.1) is 0 Å². The Morgan fingerprint density at radius 2 is 2.25 bits per heavy atom. The van der Waals surface area contributed by atoms with E-state index in [0.29, 0.717) is 5.92 Å². The fourth-order valence-corrected chi connectivity index (χ4v) is 3.27. The lowest BCUT2D eigenvalue weighted by molar-refractivity contribution is 0.574. The van der Waals surface area contributed by atoms with Gasteiger partial charge in [-0.3, -0.25) is 0 Å². The molecule has 0 aromatic carbocycles. The molecule has 3 rings (SSSR count). The van der Waals surface area contributed by atoms with Crippen LogP contribution in [0, 0.1) is 0 Å². The first-order chi connectivity index (χ1) is 7.77. The second kappa shape index (κ2) is 3.76. The maximum atomic E-state index is 4.63. The quantitative estimate of drug-likeness (QED) is 0.717. The predicted octanol–water partition coefficient (Wildman–Crippen LogP) is 3.12. The van der Waals surface area contributed by atoms with Gasteiger partial charge >= 0.3 is 0 Å². The van der Waals surface area contributed by atoms with E-state index in [4.69, 9.17) is 0 Å². The number of hydrogen-bond acceptors (Lipinski definition) is 2. The monoisotopic (exact) mass is 216 g/mol. The van der Waals surface area contributed by atoms with Gasteiger partial charge in [-0.1, -0.05) is 13.8 Å². The molecular weight excluding hydrogens is 196 g/mol. The molecule has 2 heteroatoms. The van der Waals surface area contributed by atoms with E-state index in [0.717, 1.165) is 6.04 Å². The number of hydrogen-bond donors (Lipinski definition) is 0. The van der Waals surface area contributed by atoms with Crippen molar-refractivity contribution in [2.24, 2.45) is 0 Å². The van der Waals surface area contributed by atoms with Crippen LogP contribution >= 0.6 is 0 Å². The highest BCUT2D eigenvalue weighted by Crippen LogP contribution is 2.37. The molecule has 86 valence electrons. The summed E-state index contributed by atoms with van der Waals surface area (Å²) >= 11 is 0. The van der Waals surface area contributed by atoms with E-state index in [1.54, 1.807) is 0 Å². The highest BCUT2D eigenvalue weighted by Gasteiger charge is 2.32. The van der Waals surface area contributed by atoms with Crippen LogP contribution in [0.25, 0.3) is 0 Å². The molecule has 1 aromatic heterocycles. The van der Waals surface area contributed by atoms with Crippen molar-refractivity contribution in [3.63, 3.8) is 0 Å². The summed E-state index contributed by atoms with van der Waals surface area (Å²) in [6, 6.07) is 2.99. The van der Waals surface area contributed by atoms with Crippen LogP contribution in [-0.4, -0.2) is 17.6 Å². The fourth-order valence-electron chi connectivity index (χ4n) is 3.27. The van der Waals surface area contributed by atoms with Crippen LogP contribution in [0.15, 0.2) is 12.3 Å². The van der Waals surface area contributed by atoms with Gasteiger partial charge < -0.3 is 4.90 Å². The zero-order chi connectivity index (χ0) is 11.1. The third kappa shape index (κ3) is 1.43. The third-order valence-electron chi connectivity index (χ3n) is 4.07. The number of rotatable bonds is 1. The van der Waals surface area contributed by atoms with Crippen LogP contribution in [0.1, 0.15) is 50.2 Å². The Morgan fingerprint density at radius 1 is 1.38 bits per heavy atom. The van der Waals surface area contributed by atoms with Crippen LogP contribution in [0.4, 0.5) is 5.82 Å². The van der Waals surface area contributed by atoms with Crippen molar-refractivity contribution < 1.29 is 0 Å². The van der Waals surface area contributed by atoms with E-state index in [1.165, 1.54) is 49.2 Å². The fraction of sp³-hybridized carbons (Fsp3) is 0.643. The maximum absolute atomic E-state index is 4.63. The molecular formula is C14H20N2. The summed E-state index contributed by atoms with van der Waals surface area (Å²) in [7, 11) is 0. The van der Waals surface area contributed by atoms with Crippen molar-refractivity contribution in [3.8, 4) is 0 Å². The smallest absolute Gasteiger partial charge is 0.132 e. The minimum atomic E-state index is 0.621. The van der Waals surface area contributed by atoms with Crippen LogP contribution in [-0.2, 0) is 6.42 Å². The number of aromatic nitrogens is 1. The molecule has 2 aliphatic heterocycles. The van der Waals surface area contributed by atoms with Crippen LogP contribution in [0.2, 0.25) is 0 Å². The Hall–Kier alpha value is -1.05. The molecule has 3 heterocycles. The minimum Gasteiger partial charge on any atom is -0.353 e. The predicted molar refractivity (Wildman–Crippen MR) is 67.0 cm³/mol. The minimum absolute atomic E-state index is 0.621. The van der Waals surface area contributed by atoms with Gasteiger partial charge in [-0.25, -0.2) is 4.98 Å². The van der Waals surface area contributed by atoms with Crippen LogP contribution in [0.5, 0.6) is 0 Å². The summed E-state index contributed by atoms with van der Waals surface area (Å²) in [5.41, 5.74) is 3.03. The van der Waals surface area contributed by atoms with Crippen molar-refractivity contribution in [1.82, 2.24) is 4.98 Å². The van der Waals surface area contributed by atoms with Crippen molar-refractivity contribution in [1.29, 1.82) is 0 Å². The molecule has 0 aliphatic carbocycles. The lowest BCUT2D eigenvalue weighted by atomic mass is 9.91. The van der Waals surface area contributed by atoms with Gasteiger partial charge in [0.1, 0.15) is 5.82 Å². The standard InChI is InChI=1S/C14H20N2/c1-10(2)12-7-8-15-14-13(12)6-5-11-4-3-9-16(11)14/h7-8,10-11H,3-6,9H2,1-2H3. The molecule has 16 heavy (non-hydrogen) atoms. The normalized spacial score (nSPS) is 23.4. The molecule has 1 fully saturated rings. The SMILES string of the molecule is CC(C)c1ccnc2c1CCC1CCCN21. The Kier molecular flexibility index (Phi) is 2.38. The molecule has 0 saturated carbocycles. The first-order valence-electron chi connectivity index (χ1n) is 6.52. The Labute approximate surface area is 97.7 Å². The molecule has 2 nitrogen and oxygen atoms in total. The summed E-state index contributed by atoms with van der Waals surface area (Å²) in [6.45, 7) is 5.78. The number of nitrogens with zero attached hydrogens (tertiary/aromatic N) is 2. The number of anilines is 1. The van der Waals surface area contributed by atoms with E-state index >= 15 is 0 Å². The van der Waals surface area contributed by atoms with E-state index < -0.39 is 0 Å². The zero-order valence-corrected chi connectivity index (χ0v) is 10.2. The highest BCUT2D eigenvalue weighted by molar-refractivity contribution is 5.55. The summed E-state index contributed by atoms with van der Waals surface area (Å²) in [6.07, 6.45) is 7.27. The molecule has 0 radical (unpaired) electrons. The van der Waals surface area contributed by atoms with Gasteiger partial charge in [0.2, 0.25) is 0 Å². The third-order valence-corrected chi connectivity index (χ3v) is 4.07. The molecule has 0 amide bonds. The van der Waals surface area contributed by atoms with Gasteiger partial charge in [0.25, 0.3) is 0 Å². The van der Waals surface area contributed by atoms with Gasteiger partial charge in [0, 0.05) is 18.8 Å². The Balaban J connectivity index is 2.07. The number of fused-ring (bicyclic) bond motifs is 3. The summed E-state index contributed by atoms with van der Waals surface area (Å²) < 4.78 is 0. The highest BCUT2D eigenvalue weighted by atomic mass is 15.2. The van der Waals surface area contributed by atoms with Crippen LogP contribution in [0.3, 0.4) is 0 Å². The Bertz CT molecular complexity index is 398. The first kappa shape index (κ1) is 10.1. The van der Waals surface area contributed by atoms with Crippen molar-refractivity contribution in [3.05, 3.63) is 23.4 Å². The second-order valence-electron chi connectivity index (χ2n) is 5.39. The first-order valence-corrected chi connectivity index (χ1v) is 6.52. The molecule has 1 unspecified atom stereocenters. The molecule has 1 atom stereocenters. The molecule has 0 bridgehead atoms. The zero-order valence-electron chi connectivity index (χ0n) is 10.2. The number of pyridine rings is 1. The van der Waals surface area contributed by atoms with Crippen LogP contribution < -0.4 is 4.90 Å². The average Bonchev–Trinajstić information content (AvgIpc) is 2.76. The van der Waals surface area contributed by atoms with Crippen molar-refractivity contribution in [2.75, 3.05) is 11.4 Å². The average molecular weight is 216 g/mol. The van der Waals surface area contributed by atoms with Gasteiger partial charge in [-0.05, 0) is 48.8 Å². The summed E-state index contributed by atoms with van der Waals surface area (Å²) in [5, 5.41) is 0. The Morgan fingerprint density at radius 3 is 3.06 bits per heavy atom. The van der Waals surface area contributed by atoms with Gasteiger partial charge in [-0.2, -0.15) is 0 Å². The summed E-state index contributed by atoms with van der Waals surface area (Å²) in [4.78, 5) is 7.18. The van der Waals surface area contributed by atoms with Gasteiger partial charge in [0.15, 0.2) is 0 Å². The van der Waals surface area contributed by atoms with Gasteiger partial charge in [-0.15, -0.1) is 0 Å². The lowest BCUT2D eigenvalue weighted by Gasteiger charge is -2.34. The van der Waals surface area contributed by atoms with E-state index in [1.807, 2.05) is 6.20 Å². The summed E-state index contributed by atoms with van der Waals surface area (Å²) in [5.74, 6) is 1.91. The van der Waals surface area contributed by atoms with E-state index in [-0.39, 0.29) is 0 Å².